The van der Waals surface area contributed by atoms with Gasteiger partial charge in [-0.25, -0.2) is 9.98 Å². The van der Waals surface area contributed by atoms with E-state index in [9.17, 15) is 4.79 Å². The van der Waals surface area contributed by atoms with Gasteiger partial charge in [0.25, 0.3) is 5.56 Å². The molecular formula is C38H42N7O7P. The molecule has 0 amide bonds. The number of nitrogens with zero attached hydrogens (tertiary/aromatic N) is 6. The van der Waals surface area contributed by atoms with Crippen molar-refractivity contribution in [3.8, 4) is 17.6 Å². The minimum Gasteiger partial charge on any atom is -0.497 e. The molecule has 15 heteroatoms. The van der Waals surface area contributed by atoms with Crippen LogP contribution < -0.4 is 15.0 Å². The summed E-state index contributed by atoms with van der Waals surface area (Å²) in [6.45, 7) is 2.32. The van der Waals surface area contributed by atoms with E-state index in [1.54, 1.807) is 36.4 Å². The summed E-state index contributed by atoms with van der Waals surface area (Å²) in [6, 6.07) is 27.7. The Balaban J connectivity index is 1.40. The first-order valence-electron chi connectivity index (χ1n) is 17.0. The van der Waals surface area contributed by atoms with Crippen molar-refractivity contribution in [1.29, 1.82) is 5.26 Å². The molecule has 1 fully saturated rings. The standard InChI is InChI=1S/C38H42N7O7P/c1-25-33(52-53-50-21-9-20-39)31(51-36(25)45-24-40-32-34(45)42-37(43-35(32)46)41-23-44(2)3)22-49-38(26-10-7-6-8-11-26,27-12-16-29(47-4)17-13-27)28-14-18-30(48-5)19-15-28/h6-8,10-19,23-25,31,33,36,53H,9,21-22H2,1-5H3,(H,42,43,46)/t25-,31+,33?,36+/m0/s1. The van der Waals surface area contributed by atoms with Gasteiger partial charge in [-0.2, -0.15) is 10.2 Å². The highest BCUT2D eigenvalue weighted by Crippen LogP contribution is 2.45. The summed E-state index contributed by atoms with van der Waals surface area (Å²) >= 11 is 0. The van der Waals surface area contributed by atoms with Crippen molar-refractivity contribution < 1.29 is 28.0 Å². The predicted octanol–water partition coefficient (Wildman–Crippen LogP) is 5.72. The maximum atomic E-state index is 13.0. The molecule has 1 aliphatic heterocycles. The Kier molecular flexibility index (Phi) is 12.1. The summed E-state index contributed by atoms with van der Waals surface area (Å²) in [7, 11) is 6.55. The number of methoxy groups -OCH3 is 2. The molecule has 1 saturated heterocycles. The van der Waals surface area contributed by atoms with Gasteiger partial charge in [-0.15, -0.1) is 0 Å². The number of ether oxygens (including phenoxy) is 4. The third-order valence-corrected chi connectivity index (χ3v) is 9.64. The Morgan fingerprint density at radius 3 is 2.26 bits per heavy atom. The van der Waals surface area contributed by atoms with Gasteiger partial charge in [0.2, 0.25) is 5.95 Å². The molecule has 53 heavy (non-hydrogen) atoms. The minimum absolute atomic E-state index is 0.0835. The van der Waals surface area contributed by atoms with Crippen LogP contribution in [0.3, 0.4) is 0 Å². The van der Waals surface area contributed by atoms with E-state index in [0.717, 1.165) is 16.7 Å². The number of nitrogens with one attached hydrogen (secondary N) is 1. The number of H-pyrrole nitrogens is 1. The lowest BCUT2D eigenvalue weighted by molar-refractivity contribution is -0.0904. The van der Waals surface area contributed by atoms with E-state index in [2.05, 4.69) is 26.0 Å². The Morgan fingerprint density at radius 2 is 1.66 bits per heavy atom. The van der Waals surface area contributed by atoms with E-state index in [0.29, 0.717) is 17.1 Å². The van der Waals surface area contributed by atoms with E-state index in [-0.39, 0.29) is 46.1 Å². The van der Waals surface area contributed by atoms with Crippen LogP contribution in [0.1, 0.15) is 36.3 Å². The van der Waals surface area contributed by atoms with Crippen LogP contribution in [0, 0.1) is 17.2 Å². The van der Waals surface area contributed by atoms with Crippen LogP contribution in [0.5, 0.6) is 11.5 Å². The van der Waals surface area contributed by atoms with Crippen molar-refractivity contribution in [2.45, 2.75) is 37.4 Å². The molecule has 0 spiro atoms. The second kappa shape index (κ2) is 17.1. The van der Waals surface area contributed by atoms with E-state index in [4.69, 9.17) is 33.3 Å². The van der Waals surface area contributed by atoms with Gasteiger partial charge in [-0.3, -0.25) is 14.3 Å². The lowest BCUT2D eigenvalue weighted by Gasteiger charge is -2.37. The summed E-state index contributed by atoms with van der Waals surface area (Å²) in [5, 5.41) is 9.01. The fourth-order valence-electron chi connectivity index (χ4n) is 6.36. The Hall–Kier alpha value is -5.16. The summed E-state index contributed by atoms with van der Waals surface area (Å²) in [4.78, 5) is 30.7. The summed E-state index contributed by atoms with van der Waals surface area (Å²) in [5.74, 6) is 1.27. The molecule has 0 saturated carbocycles. The van der Waals surface area contributed by atoms with Crippen LogP contribution in [0.15, 0.2) is 95.0 Å². The second-order valence-corrected chi connectivity index (χ2v) is 13.3. The molecular weight excluding hydrogens is 697 g/mol. The Bertz CT molecular complexity index is 2040. The zero-order valence-corrected chi connectivity index (χ0v) is 31.1. The number of hydrogen-bond donors (Lipinski definition) is 1. The van der Waals surface area contributed by atoms with Crippen LogP contribution in [-0.2, 0) is 24.1 Å². The number of rotatable bonds is 16. The molecule has 1 aliphatic rings. The maximum Gasteiger partial charge on any atom is 0.280 e. The molecule has 2 unspecified atom stereocenters. The number of imidazole rings is 1. The van der Waals surface area contributed by atoms with Gasteiger partial charge in [0.05, 0.1) is 58.7 Å². The van der Waals surface area contributed by atoms with E-state index >= 15 is 0 Å². The predicted molar refractivity (Wildman–Crippen MR) is 201 cm³/mol. The quantitative estimate of drug-likeness (QED) is 0.0434. The molecule has 0 bridgehead atoms. The first kappa shape index (κ1) is 37.6. The molecule has 6 rings (SSSR count). The summed E-state index contributed by atoms with van der Waals surface area (Å²) in [6.07, 6.45) is 1.55. The molecule has 2 aromatic heterocycles. The Morgan fingerprint density at radius 1 is 1.02 bits per heavy atom. The number of aromatic amines is 1. The lowest BCUT2D eigenvalue weighted by atomic mass is 9.80. The molecule has 0 aliphatic carbocycles. The molecule has 276 valence electrons. The summed E-state index contributed by atoms with van der Waals surface area (Å²) in [5.41, 5.74) is 1.59. The van der Waals surface area contributed by atoms with Crippen LogP contribution >= 0.6 is 9.03 Å². The molecule has 0 radical (unpaired) electrons. The van der Waals surface area contributed by atoms with Gasteiger partial charge in [-0.05, 0) is 41.0 Å². The van der Waals surface area contributed by atoms with Crippen molar-refractivity contribution in [2.75, 3.05) is 41.5 Å². The van der Waals surface area contributed by atoms with E-state index in [1.165, 1.54) is 0 Å². The first-order valence-corrected chi connectivity index (χ1v) is 17.8. The molecule has 1 N–H and O–H groups in total. The molecule has 3 heterocycles. The highest BCUT2D eigenvalue weighted by molar-refractivity contribution is 7.26. The fraction of sp³-hybridized carbons (Fsp3) is 0.342. The Labute approximate surface area is 309 Å². The van der Waals surface area contributed by atoms with Crippen LogP contribution in [0.2, 0.25) is 0 Å². The highest BCUT2D eigenvalue weighted by atomic mass is 31.1. The smallest absolute Gasteiger partial charge is 0.280 e. The number of hydrogen-bond acceptors (Lipinski definition) is 11. The van der Waals surface area contributed by atoms with Crippen LogP contribution in [0.25, 0.3) is 11.2 Å². The lowest BCUT2D eigenvalue weighted by Crippen LogP contribution is -2.39. The average Bonchev–Trinajstić information content (AvgIpc) is 3.75. The van der Waals surface area contributed by atoms with Crippen molar-refractivity contribution >= 4 is 32.5 Å². The SMILES string of the molecule is COc1ccc(C(OC[C@H]2O[C@@H](n3cnc4c(=O)[nH]c(N=CN(C)C)nc43)[C@@H](C)C2OPOCCC#N)(c2ccccc2)c2ccc(OC)cc2)cc1. The number of benzene rings is 3. The third kappa shape index (κ3) is 8.10. The summed E-state index contributed by atoms with van der Waals surface area (Å²) < 4.78 is 38.8. The van der Waals surface area contributed by atoms with Gasteiger partial charge < -0.3 is 32.9 Å². The van der Waals surface area contributed by atoms with Crippen LogP contribution in [0.4, 0.5) is 5.95 Å². The second-order valence-electron chi connectivity index (χ2n) is 12.6. The van der Waals surface area contributed by atoms with Crippen molar-refractivity contribution in [2.24, 2.45) is 10.9 Å². The number of nitriles is 1. The maximum absolute atomic E-state index is 13.0. The zero-order valence-electron chi connectivity index (χ0n) is 30.1. The topological polar surface area (TPSA) is 158 Å². The van der Waals surface area contributed by atoms with E-state index in [1.807, 2.05) is 99.9 Å². The van der Waals surface area contributed by atoms with Crippen molar-refractivity contribution in [3.63, 3.8) is 0 Å². The van der Waals surface area contributed by atoms with Gasteiger partial charge in [0.15, 0.2) is 20.2 Å². The van der Waals surface area contributed by atoms with Crippen LogP contribution in [-0.4, -0.2) is 84.5 Å². The normalized spacial score (nSPS) is 18.9. The van der Waals surface area contributed by atoms with Crippen molar-refractivity contribution in [3.05, 3.63) is 112 Å². The first-order chi connectivity index (χ1) is 25.8. The van der Waals surface area contributed by atoms with E-state index < -0.39 is 29.6 Å². The van der Waals surface area contributed by atoms with Gasteiger partial charge in [0, 0.05) is 20.0 Å². The largest absolute Gasteiger partial charge is 0.497 e. The molecule has 5 atom stereocenters. The fourth-order valence-corrected chi connectivity index (χ4v) is 7.09. The molecule has 14 nitrogen and oxygen atoms in total. The highest BCUT2D eigenvalue weighted by Gasteiger charge is 2.47. The van der Waals surface area contributed by atoms with Gasteiger partial charge >= 0.3 is 0 Å². The molecule has 3 aromatic carbocycles. The minimum atomic E-state index is -1.10. The third-order valence-electron chi connectivity index (χ3n) is 8.95. The number of fused-ring (bicyclic) bond motifs is 1. The number of aliphatic imine (C=N–C) groups is 1. The van der Waals surface area contributed by atoms with Gasteiger partial charge in [0.1, 0.15) is 29.4 Å². The number of aromatic nitrogens is 4. The zero-order chi connectivity index (χ0) is 37.4. The average molecular weight is 740 g/mol. The van der Waals surface area contributed by atoms with Crippen molar-refractivity contribution in [1.82, 2.24) is 24.4 Å². The molecule has 5 aromatic rings. The van der Waals surface area contributed by atoms with Gasteiger partial charge in [-0.1, -0.05) is 61.5 Å². The monoisotopic (exact) mass is 739 g/mol.